The van der Waals surface area contributed by atoms with Crippen molar-refractivity contribution in [3.05, 3.63) is 0 Å². The molecule has 0 aromatic heterocycles. The van der Waals surface area contributed by atoms with E-state index in [1.807, 2.05) is 0 Å². The number of hydrogen-bond donors (Lipinski definition) is 1. The predicted molar refractivity (Wildman–Crippen MR) is 39.0 cm³/mol. The monoisotopic (exact) mass is 193 g/mol. The van der Waals surface area contributed by atoms with E-state index >= 15 is 0 Å². The molecule has 0 spiro atoms. The first-order chi connectivity index (χ1) is 5.99. The minimum Gasteiger partial charge on any atom is -0.315 e. The molecule has 2 rings (SSSR count). The third-order valence-electron chi connectivity index (χ3n) is 3.30. The lowest BCUT2D eigenvalue weighted by atomic mass is 9.56. The van der Waals surface area contributed by atoms with Gasteiger partial charge in [0.1, 0.15) is 6.29 Å². The van der Waals surface area contributed by atoms with Crippen LogP contribution in [0.25, 0.3) is 0 Å². The van der Waals surface area contributed by atoms with Gasteiger partial charge in [-0.25, -0.2) is 0 Å². The van der Waals surface area contributed by atoms with Crippen LogP contribution in [0.3, 0.4) is 0 Å². The van der Waals surface area contributed by atoms with E-state index in [4.69, 9.17) is 0 Å². The number of fused-ring (bicyclic) bond motifs is 1. The normalized spacial score (nSPS) is 43.9. The van der Waals surface area contributed by atoms with Crippen molar-refractivity contribution in [2.45, 2.75) is 12.6 Å². The number of aldehydes is 1. The molecule has 0 radical (unpaired) electrons. The fraction of sp³-hybridized carbons (Fsp3) is 0.875. The molecule has 0 bridgehead atoms. The largest absolute Gasteiger partial charge is 0.392 e. The van der Waals surface area contributed by atoms with E-state index in [0.29, 0.717) is 19.4 Å². The van der Waals surface area contributed by atoms with Gasteiger partial charge in [-0.05, 0) is 18.9 Å². The number of alkyl halides is 3. The Kier molecular flexibility index (Phi) is 1.71. The quantitative estimate of drug-likeness (QED) is 0.629. The smallest absolute Gasteiger partial charge is 0.315 e. The molecule has 0 aromatic carbocycles. The topological polar surface area (TPSA) is 29.1 Å². The van der Waals surface area contributed by atoms with Crippen molar-refractivity contribution in [2.24, 2.45) is 17.3 Å². The van der Waals surface area contributed by atoms with Gasteiger partial charge < -0.3 is 10.1 Å². The molecule has 1 aliphatic carbocycles. The summed E-state index contributed by atoms with van der Waals surface area (Å²) in [6.45, 7) is 0.733. The van der Waals surface area contributed by atoms with Gasteiger partial charge in [0, 0.05) is 12.0 Å². The van der Waals surface area contributed by atoms with Crippen molar-refractivity contribution >= 4 is 6.29 Å². The Morgan fingerprint density at radius 3 is 2.69 bits per heavy atom. The Bertz CT molecular complexity index is 240. The highest BCUT2D eigenvalue weighted by atomic mass is 19.4. The molecule has 13 heavy (non-hydrogen) atoms. The Morgan fingerprint density at radius 1 is 1.46 bits per heavy atom. The van der Waals surface area contributed by atoms with Crippen molar-refractivity contribution in [1.29, 1.82) is 0 Å². The Balaban J connectivity index is 2.14. The third kappa shape index (κ3) is 1.10. The zero-order chi connectivity index (χ0) is 9.69. The molecule has 1 N–H and O–H groups in total. The molecule has 0 amide bonds. The Morgan fingerprint density at radius 2 is 2.15 bits per heavy atom. The van der Waals surface area contributed by atoms with Gasteiger partial charge >= 0.3 is 6.18 Å². The van der Waals surface area contributed by atoms with Crippen molar-refractivity contribution in [3.63, 3.8) is 0 Å². The van der Waals surface area contributed by atoms with Crippen LogP contribution >= 0.6 is 0 Å². The summed E-state index contributed by atoms with van der Waals surface area (Å²) in [5, 5.41) is 2.85. The Labute approximate surface area is 73.5 Å². The minimum atomic E-state index is -4.14. The zero-order valence-electron chi connectivity index (χ0n) is 6.90. The summed E-state index contributed by atoms with van der Waals surface area (Å²) in [4.78, 5) is 10.7. The lowest BCUT2D eigenvalue weighted by Crippen LogP contribution is -2.54. The van der Waals surface area contributed by atoms with Crippen molar-refractivity contribution in [3.8, 4) is 0 Å². The van der Waals surface area contributed by atoms with Gasteiger partial charge in [-0.15, -0.1) is 0 Å². The summed E-state index contributed by atoms with van der Waals surface area (Å²) in [7, 11) is 0. The van der Waals surface area contributed by atoms with E-state index < -0.39 is 23.4 Å². The maximum absolute atomic E-state index is 12.3. The van der Waals surface area contributed by atoms with Gasteiger partial charge in [0.25, 0.3) is 0 Å². The molecule has 1 saturated heterocycles. The van der Waals surface area contributed by atoms with Crippen LogP contribution in [0.1, 0.15) is 6.42 Å². The van der Waals surface area contributed by atoms with Gasteiger partial charge in [-0.2, -0.15) is 13.2 Å². The molecule has 3 atom stereocenters. The number of rotatable bonds is 1. The number of carbonyl (C=O) groups is 1. The summed E-state index contributed by atoms with van der Waals surface area (Å²) in [6, 6.07) is 0. The Hall–Kier alpha value is -0.580. The first-order valence-corrected chi connectivity index (χ1v) is 4.23. The average Bonchev–Trinajstić information content (AvgIpc) is 2.27. The maximum Gasteiger partial charge on any atom is 0.392 e. The van der Waals surface area contributed by atoms with Gasteiger partial charge in [0.15, 0.2) is 0 Å². The van der Waals surface area contributed by atoms with Crippen LogP contribution < -0.4 is 5.32 Å². The molecule has 2 fully saturated rings. The minimum absolute atomic E-state index is 0.0301. The SMILES string of the molecule is O=C[C@]12CNC[C@H]1[C@H](C(F)(F)F)C2. The van der Waals surface area contributed by atoms with Crippen LogP contribution in [0, 0.1) is 17.3 Å². The molecule has 2 nitrogen and oxygen atoms in total. The number of carbonyl (C=O) groups excluding carboxylic acids is 1. The third-order valence-corrected chi connectivity index (χ3v) is 3.30. The fourth-order valence-electron chi connectivity index (χ4n) is 2.47. The van der Waals surface area contributed by atoms with E-state index in [2.05, 4.69) is 5.32 Å². The van der Waals surface area contributed by atoms with Crippen LogP contribution in [0.15, 0.2) is 0 Å². The predicted octanol–water partition coefficient (Wildman–Crippen LogP) is 0.973. The van der Waals surface area contributed by atoms with Crippen LogP contribution in [0.4, 0.5) is 13.2 Å². The molecule has 0 unspecified atom stereocenters. The standard InChI is InChI=1S/C8H10F3NO/c9-8(10,11)5-1-7(4-13)3-12-2-6(5)7/h4-6,12H,1-3H2/t5-,6+,7+/m1/s1. The summed E-state index contributed by atoms with van der Waals surface area (Å²) in [6.07, 6.45) is -3.47. The number of nitrogens with one attached hydrogen (secondary N) is 1. The fourth-order valence-corrected chi connectivity index (χ4v) is 2.47. The van der Waals surface area contributed by atoms with Gasteiger partial charge in [0.2, 0.25) is 0 Å². The summed E-state index contributed by atoms with van der Waals surface area (Å²) in [5.74, 6) is -1.79. The second-order valence-electron chi connectivity index (χ2n) is 3.94. The summed E-state index contributed by atoms with van der Waals surface area (Å²) in [5.41, 5.74) is -0.708. The van der Waals surface area contributed by atoms with Gasteiger partial charge in [-0.3, -0.25) is 0 Å². The maximum atomic E-state index is 12.3. The molecule has 1 aliphatic heterocycles. The van der Waals surface area contributed by atoms with E-state index in [-0.39, 0.29) is 6.42 Å². The molecular weight excluding hydrogens is 183 g/mol. The van der Waals surface area contributed by atoms with Crippen LogP contribution in [0.5, 0.6) is 0 Å². The average molecular weight is 193 g/mol. The van der Waals surface area contributed by atoms with Crippen LogP contribution in [-0.4, -0.2) is 25.6 Å². The molecule has 0 aromatic rings. The number of hydrogen-bond acceptors (Lipinski definition) is 2. The first kappa shape index (κ1) is 8.99. The number of halogens is 3. The highest BCUT2D eigenvalue weighted by Crippen LogP contribution is 2.57. The van der Waals surface area contributed by atoms with Crippen molar-refractivity contribution < 1.29 is 18.0 Å². The molecule has 2 aliphatic rings. The second-order valence-corrected chi connectivity index (χ2v) is 3.94. The van der Waals surface area contributed by atoms with Crippen LogP contribution in [-0.2, 0) is 4.79 Å². The highest BCUT2D eigenvalue weighted by Gasteiger charge is 2.64. The molecule has 74 valence electrons. The zero-order valence-corrected chi connectivity index (χ0v) is 6.90. The van der Waals surface area contributed by atoms with E-state index in [0.717, 1.165) is 0 Å². The molecular formula is C8H10F3NO. The van der Waals surface area contributed by atoms with Crippen molar-refractivity contribution in [1.82, 2.24) is 5.32 Å². The van der Waals surface area contributed by atoms with Gasteiger partial charge in [-0.1, -0.05) is 0 Å². The lowest BCUT2D eigenvalue weighted by molar-refractivity contribution is -0.234. The summed E-state index contributed by atoms with van der Waals surface area (Å²) < 4.78 is 36.9. The van der Waals surface area contributed by atoms with E-state index in [9.17, 15) is 18.0 Å². The van der Waals surface area contributed by atoms with Crippen molar-refractivity contribution in [2.75, 3.05) is 13.1 Å². The molecule has 1 heterocycles. The van der Waals surface area contributed by atoms with E-state index in [1.165, 1.54) is 0 Å². The highest BCUT2D eigenvalue weighted by molar-refractivity contribution is 5.63. The summed E-state index contributed by atoms with van der Waals surface area (Å²) >= 11 is 0. The van der Waals surface area contributed by atoms with E-state index in [1.54, 1.807) is 0 Å². The molecule has 1 saturated carbocycles. The van der Waals surface area contributed by atoms with Crippen LogP contribution in [0.2, 0.25) is 0 Å². The molecule has 5 heteroatoms. The van der Waals surface area contributed by atoms with Gasteiger partial charge in [0.05, 0.1) is 5.92 Å². The first-order valence-electron chi connectivity index (χ1n) is 4.23. The lowest BCUT2D eigenvalue weighted by Gasteiger charge is -2.47. The second kappa shape index (κ2) is 2.47.